The van der Waals surface area contributed by atoms with Crippen molar-refractivity contribution in [2.75, 3.05) is 27.2 Å². The second kappa shape index (κ2) is 6.03. The summed E-state index contributed by atoms with van der Waals surface area (Å²) in [6.07, 6.45) is 3.81. The van der Waals surface area contributed by atoms with Crippen molar-refractivity contribution in [2.24, 2.45) is 0 Å². The highest BCUT2D eigenvalue weighted by Crippen LogP contribution is 2.03. The molecule has 0 saturated heterocycles. The summed E-state index contributed by atoms with van der Waals surface area (Å²) >= 11 is 0. The van der Waals surface area contributed by atoms with Crippen LogP contribution in [0.3, 0.4) is 0 Å². The molecule has 1 N–H and O–H groups in total. The number of nitrogens with zero attached hydrogens (tertiary/aromatic N) is 3. The summed E-state index contributed by atoms with van der Waals surface area (Å²) in [5.74, 6) is -0.258. The van der Waals surface area contributed by atoms with Crippen LogP contribution in [0.15, 0.2) is 12.4 Å². The Morgan fingerprint density at radius 1 is 1.41 bits per heavy atom. The number of rotatable bonds is 5. The smallest absolute Gasteiger partial charge is 0.257 e. The van der Waals surface area contributed by atoms with E-state index in [-0.39, 0.29) is 18.4 Å². The molecular weight excluding hydrogens is 220 g/mol. The number of H-pyrrole nitrogens is 1. The van der Waals surface area contributed by atoms with Gasteiger partial charge in [-0.25, -0.2) is 0 Å². The fourth-order valence-electron chi connectivity index (χ4n) is 1.38. The Labute approximate surface area is 101 Å². The first-order valence-electron chi connectivity index (χ1n) is 5.54. The normalized spacial score (nSPS) is 10.1. The van der Waals surface area contributed by atoms with Crippen molar-refractivity contribution in [1.29, 1.82) is 0 Å². The van der Waals surface area contributed by atoms with Crippen molar-refractivity contribution < 1.29 is 9.59 Å². The molecule has 94 valence electrons. The first-order chi connectivity index (χ1) is 8.06. The van der Waals surface area contributed by atoms with E-state index in [0.29, 0.717) is 12.1 Å². The van der Waals surface area contributed by atoms with Crippen molar-refractivity contribution in [1.82, 2.24) is 20.0 Å². The van der Waals surface area contributed by atoms with Crippen LogP contribution in [-0.2, 0) is 4.79 Å². The molecule has 1 heterocycles. The van der Waals surface area contributed by atoms with Crippen LogP contribution in [0.5, 0.6) is 0 Å². The predicted octanol–water partition coefficient (Wildman–Crippen LogP) is 0.350. The Morgan fingerprint density at radius 2 is 2.12 bits per heavy atom. The third-order valence-electron chi connectivity index (χ3n) is 2.35. The average molecular weight is 238 g/mol. The van der Waals surface area contributed by atoms with Gasteiger partial charge in [0.15, 0.2) is 0 Å². The standard InChI is InChI=1S/C11H18N4O2/c1-4-5-15(8-10(16)14(2)3)11(17)9-6-12-13-7-9/h6-7H,4-5,8H2,1-3H3,(H,12,13). The summed E-state index contributed by atoms with van der Waals surface area (Å²) in [5.41, 5.74) is 0.477. The lowest BCUT2D eigenvalue weighted by atomic mass is 10.3. The second-order valence-electron chi connectivity index (χ2n) is 4.00. The zero-order valence-electron chi connectivity index (χ0n) is 10.4. The topological polar surface area (TPSA) is 69.3 Å². The molecule has 0 aliphatic rings. The van der Waals surface area contributed by atoms with Gasteiger partial charge < -0.3 is 9.80 Å². The number of hydrogen-bond acceptors (Lipinski definition) is 3. The Kier molecular flexibility index (Phi) is 4.68. The Balaban J connectivity index is 2.72. The SMILES string of the molecule is CCCN(CC(=O)N(C)C)C(=O)c1cn[nH]c1. The molecule has 1 aromatic rings. The Morgan fingerprint density at radius 3 is 2.59 bits per heavy atom. The van der Waals surface area contributed by atoms with Gasteiger partial charge in [0.05, 0.1) is 11.8 Å². The van der Waals surface area contributed by atoms with E-state index in [1.54, 1.807) is 14.1 Å². The highest BCUT2D eigenvalue weighted by Gasteiger charge is 2.19. The van der Waals surface area contributed by atoms with E-state index in [9.17, 15) is 9.59 Å². The number of amides is 2. The molecule has 0 spiro atoms. The highest BCUT2D eigenvalue weighted by molar-refractivity contribution is 5.96. The second-order valence-corrected chi connectivity index (χ2v) is 4.00. The van der Waals surface area contributed by atoms with Crippen LogP contribution in [0.25, 0.3) is 0 Å². The lowest BCUT2D eigenvalue weighted by Crippen LogP contribution is -2.40. The summed E-state index contributed by atoms with van der Waals surface area (Å²) < 4.78 is 0. The van der Waals surface area contributed by atoms with E-state index < -0.39 is 0 Å². The number of aromatic nitrogens is 2. The molecule has 6 heteroatoms. The number of nitrogens with one attached hydrogen (secondary N) is 1. The van der Waals surface area contributed by atoms with Gasteiger partial charge in [-0.05, 0) is 6.42 Å². The van der Waals surface area contributed by atoms with Gasteiger partial charge in [-0.1, -0.05) is 6.92 Å². The molecule has 0 aliphatic carbocycles. The summed E-state index contributed by atoms with van der Waals surface area (Å²) in [6, 6.07) is 0. The fraction of sp³-hybridized carbons (Fsp3) is 0.545. The maximum atomic E-state index is 12.0. The van der Waals surface area contributed by atoms with Gasteiger partial charge in [0.1, 0.15) is 6.54 Å². The summed E-state index contributed by atoms with van der Waals surface area (Å²) in [5, 5.41) is 6.32. The van der Waals surface area contributed by atoms with Crippen LogP contribution in [0.2, 0.25) is 0 Å². The van der Waals surface area contributed by atoms with Crippen molar-refractivity contribution in [3.8, 4) is 0 Å². The molecule has 0 aromatic carbocycles. The van der Waals surface area contributed by atoms with Gasteiger partial charge in [-0.2, -0.15) is 5.10 Å². The number of carbonyl (C=O) groups is 2. The predicted molar refractivity (Wildman–Crippen MR) is 63.5 cm³/mol. The van der Waals surface area contributed by atoms with E-state index in [4.69, 9.17) is 0 Å². The monoisotopic (exact) mass is 238 g/mol. The van der Waals surface area contributed by atoms with Crippen LogP contribution in [0, 0.1) is 0 Å². The third-order valence-corrected chi connectivity index (χ3v) is 2.35. The van der Waals surface area contributed by atoms with Crippen LogP contribution in [0.1, 0.15) is 23.7 Å². The van der Waals surface area contributed by atoms with Crippen LogP contribution < -0.4 is 0 Å². The van der Waals surface area contributed by atoms with Gasteiger partial charge in [0.2, 0.25) is 5.91 Å². The molecule has 0 fully saturated rings. The Bertz CT molecular complexity index is 373. The summed E-state index contributed by atoms with van der Waals surface area (Å²) in [4.78, 5) is 26.7. The molecule has 1 rings (SSSR count). The maximum Gasteiger partial charge on any atom is 0.257 e. The maximum absolute atomic E-state index is 12.0. The number of aromatic amines is 1. The van der Waals surface area contributed by atoms with E-state index in [0.717, 1.165) is 6.42 Å². The van der Waals surface area contributed by atoms with Crippen molar-refractivity contribution >= 4 is 11.8 Å². The molecule has 0 bridgehead atoms. The first-order valence-corrected chi connectivity index (χ1v) is 5.54. The molecule has 0 aliphatic heterocycles. The molecule has 2 amide bonds. The van der Waals surface area contributed by atoms with E-state index >= 15 is 0 Å². The molecule has 0 radical (unpaired) electrons. The van der Waals surface area contributed by atoms with E-state index in [1.165, 1.54) is 22.2 Å². The van der Waals surface area contributed by atoms with Crippen LogP contribution >= 0.6 is 0 Å². The molecule has 0 unspecified atom stereocenters. The van der Waals surface area contributed by atoms with Gasteiger partial charge >= 0.3 is 0 Å². The van der Waals surface area contributed by atoms with Crippen LogP contribution in [-0.4, -0.2) is 59.0 Å². The average Bonchev–Trinajstić information content (AvgIpc) is 2.80. The zero-order chi connectivity index (χ0) is 12.8. The molecule has 1 aromatic heterocycles. The largest absolute Gasteiger partial charge is 0.347 e. The minimum absolute atomic E-state index is 0.0877. The Hall–Kier alpha value is -1.85. The van der Waals surface area contributed by atoms with Crippen molar-refractivity contribution in [3.63, 3.8) is 0 Å². The first kappa shape index (κ1) is 13.2. The minimum atomic E-state index is -0.171. The van der Waals surface area contributed by atoms with Crippen LogP contribution in [0.4, 0.5) is 0 Å². The number of hydrogen-bond donors (Lipinski definition) is 1. The lowest BCUT2D eigenvalue weighted by Gasteiger charge is -2.22. The summed E-state index contributed by atoms with van der Waals surface area (Å²) in [6.45, 7) is 2.63. The van der Waals surface area contributed by atoms with Gasteiger partial charge in [-0.3, -0.25) is 14.7 Å². The molecule has 6 nitrogen and oxygen atoms in total. The molecule has 0 atom stereocenters. The quantitative estimate of drug-likeness (QED) is 0.804. The van der Waals surface area contributed by atoms with Gasteiger partial charge in [0, 0.05) is 26.8 Å². The minimum Gasteiger partial charge on any atom is -0.347 e. The van der Waals surface area contributed by atoms with Crippen molar-refractivity contribution in [3.05, 3.63) is 18.0 Å². The van der Waals surface area contributed by atoms with E-state index in [2.05, 4.69) is 10.2 Å². The highest BCUT2D eigenvalue weighted by atomic mass is 16.2. The molecule has 17 heavy (non-hydrogen) atoms. The van der Waals surface area contributed by atoms with Crippen molar-refractivity contribution in [2.45, 2.75) is 13.3 Å². The molecular formula is C11H18N4O2. The van der Waals surface area contributed by atoms with Gasteiger partial charge in [0.25, 0.3) is 5.91 Å². The zero-order valence-corrected chi connectivity index (χ0v) is 10.4. The number of likely N-dealkylation sites (N-methyl/N-ethyl adjacent to an activating group) is 1. The third kappa shape index (κ3) is 3.58. The summed E-state index contributed by atoms with van der Waals surface area (Å²) in [7, 11) is 3.35. The van der Waals surface area contributed by atoms with E-state index in [1.807, 2.05) is 6.92 Å². The lowest BCUT2D eigenvalue weighted by molar-refractivity contribution is -0.129. The fourth-order valence-corrected chi connectivity index (χ4v) is 1.38. The molecule has 0 saturated carbocycles. The number of carbonyl (C=O) groups excluding carboxylic acids is 2. The van der Waals surface area contributed by atoms with Gasteiger partial charge in [-0.15, -0.1) is 0 Å².